The molecule has 1 rings (SSSR count). The summed E-state index contributed by atoms with van der Waals surface area (Å²) in [6.45, 7) is 3.58. The zero-order valence-electron chi connectivity index (χ0n) is 5.59. The summed E-state index contributed by atoms with van der Waals surface area (Å²) in [4.78, 5) is 0. The Hall–Kier alpha value is -0.0900. The molecule has 3 nitrogen and oxygen atoms in total. The summed E-state index contributed by atoms with van der Waals surface area (Å²) in [6.07, 6.45) is 0.714. The minimum Gasteiger partial charge on any atom is -0.228 e. The van der Waals surface area contributed by atoms with Crippen molar-refractivity contribution in [3.05, 3.63) is 0 Å². The molecule has 1 saturated carbocycles. The van der Waals surface area contributed by atoms with Crippen molar-refractivity contribution in [3.8, 4) is 0 Å². The lowest BCUT2D eigenvalue weighted by atomic mass is 10.4. The Bertz CT molecular complexity index is 221. The van der Waals surface area contributed by atoms with Gasteiger partial charge in [0.05, 0.1) is 4.75 Å². The molecule has 2 N–H and O–H groups in total. The molecule has 0 radical (unpaired) electrons. The largest absolute Gasteiger partial charge is 0.228 e. The number of hydrogen-bond acceptors (Lipinski definition) is 2. The number of rotatable bonds is 1. The molecule has 9 heavy (non-hydrogen) atoms. The minimum absolute atomic E-state index is 0.243. The van der Waals surface area contributed by atoms with Crippen LogP contribution in [0.1, 0.15) is 20.3 Å². The predicted molar refractivity (Wildman–Crippen MR) is 35.3 cm³/mol. The standard InChI is InChI=1S/C5H11NO2S/c1-4-3-5(4,2)9(6,7)8/h4H,3H2,1-2H3,(H2,6,7,8). The van der Waals surface area contributed by atoms with Gasteiger partial charge in [-0.1, -0.05) is 6.92 Å². The Morgan fingerprint density at radius 3 is 2.00 bits per heavy atom. The van der Waals surface area contributed by atoms with Gasteiger partial charge >= 0.3 is 0 Å². The summed E-state index contributed by atoms with van der Waals surface area (Å²) in [7, 11) is -3.28. The van der Waals surface area contributed by atoms with Gasteiger partial charge in [0.2, 0.25) is 10.0 Å². The zero-order chi connectivity index (χ0) is 7.28. The van der Waals surface area contributed by atoms with Crippen LogP contribution in [-0.4, -0.2) is 13.2 Å². The van der Waals surface area contributed by atoms with Gasteiger partial charge in [0, 0.05) is 0 Å². The van der Waals surface area contributed by atoms with Gasteiger partial charge in [0.1, 0.15) is 0 Å². The minimum atomic E-state index is -3.28. The smallest absolute Gasteiger partial charge is 0.214 e. The van der Waals surface area contributed by atoms with Gasteiger partial charge in [-0.05, 0) is 19.3 Å². The van der Waals surface area contributed by atoms with Gasteiger partial charge in [-0.3, -0.25) is 0 Å². The molecule has 2 unspecified atom stereocenters. The Kier molecular flexibility index (Phi) is 1.16. The summed E-state index contributed by atoms with van der Waals surface area (Å²) < 4.78 is 20.8. The van der Waals surface area contributed by atoms with Gasteiger partial charge in [-0.25, -0.2) is 13.6 Å². The lowest BCUT2D eigenvalue weighted by Crippen LogP contribution is -2.28. The van der Waals surface area contributed by atoms with Crippen LogP contribution >= 0.6 is 0 Å². The van der Waals surface area contributed by atoms with Crippen LogP contribution < -0.4 is 5.14 Å². The number of primary sulfonamides is 1. The summed E-state index contributed by atoms with van der Waals surface area (Å²) in [6, 6.07) is 0. The third-order valence-corrected chi connectivity index (χ3v) is 4.11. The Balaban J connectivity index is 2.90. The first kappa shape index (κ1) is 7.02. The van der Waals surface area contributed by atoms with E-state index in [0.29, 0.717) is 6.42 Å². The molecule has 0 amide bonds. The molecule has 0 heterocycles. The van der Waals surface area contributed by atoms with Crippen LogP contribution in [0.3, 0.4) is 0 Å². The maximum absolute atomic E-state index is 10.7. The van der Waals surface area contributed by atoms with Crippen molar-refractivity contribution in [2.24, 2.45) is 11.1 Å². The first-order valence-corrected chi connectivity index (χ1v) is 4.45. The molecule has 0 spiro atoms. The highest BCUT2D eigenvalue weighted by atomic mass is 32.2. The highest BCUT2D eigenvalue weighted by Crippen LogP contribution is 2.47. The normalized spacial score (nSPS) is 42.8. The molecule has 0 aromatic rings. The Morgan fingerprint density at radius 2 is 2.00 bits per heavy atom. The molecule has 1 fully saturated rings. The molecule has 4 heteroatoms. The van der Waals surface area contributed by atoms with E-state index in [2.05, 4.69) is 0 Å². The molecule has 2 atom stereocenters. The molecule has 1 aliphatic carbocycles. The fraction of sp³-hybridized carbons (Fsp3) is 1.00. The SMILES string of the molecule is CC1CC1(C)S(N)(=O)=O. The van der Waals surface area contributed by atoms with E-state index < -0.39 is 14.8 Å². The van der Waals surface area contributed by atoms with Crippen LogP contribution in [-0.2, 0) is 10.0 Å². The Morgan fingerprint density at radius 1 is 1.67 bits per heavy atom. The summed E-state index contributed by atoms with van der Waals surface area (Å²) in [5, 5.41) is 4.94. The van der Waals surface area contributed by atoms with Crippen LogP contribution in [0.15, 0.2) is 0 Å². The second-order valence-electron chi connectivity index (χ2n) is 2.96. The van der Waals surface area contributed by atoms with E-state index >= 15 is 0 Å². The third kappa shape index (κ3) is 0.861. The van der Waals surface area contributed by atoms with Crippen molar-refractivity contribution >= 4 is 10.0 Å². The monoisotopic (exact) mass is 149 g/mol. The fourth-order valence-corrected chi connectivity index (χ4v) is 1.99. The first-order valence-electron chi connectivity index (χ1n) is 2.90. The first-order chi connectivity index (χ1) is 3.88. The highest BCUT2D eigenvalue weighted by molar-refractivity contribution is 7.90. The molecular weight excluding hydrogens is 138 g/mol. The maximum atomic E-state index is 10.7. The second kappa shape index (κ2) is 1.49. The molecule has 0 bridgehead atoms. The highest BCUT2D eigenvalue weighted by Gasteiger charge is 2.55. The van der Waals surface area contributed by atoms with Gasteiger partial charge in [-0.15, -0.1) is 0 Å². The van der Waals surface area contributed by atoms with Crippen molar-refractivity contribution in [1.82, 2.24) is 0 Å². The number of nitrogens with two attached hydrogens (primary N) is 1. The lowest BCUT2D eigenvalue weighted by Gasteiger charge is -2.03. The molecule has 0 aromatic heterocycles. The van der Waals surface area contributed by atoms with Crippen LogP contribution in [0.4, 0.5) is 0 Å². The summed E-state index contributed by atoms with van der Waals surface area (Å²) in [5.74, 6) is 0.243. The van der Waals surface area contributed by atoms with Crippen molar-refractivity contribution < 1.29 is 8.42 Å². The third-order valence-electron chi connectivity index (χ3n) is 2.24. The maximum Gasteiger partial charge on any atom is 0.214 e. The summed E-state index contributed by atoms with van der Waals surface area (Å²) in [5.41, 5.74) is 0. The number of sulfonamides is 1. The van der Waals surface area contributed by atoms with Crippen molar-refractivity contribution in [3.63, 3.8) is 0 Å². The van der Waals surface area contributed by atoms with Crippen LogP contribution in [0, 0.1) is 5.92 Å². The van der Waals surface area contributed by atoms with Gasteiger partial charge in [0.15, 0.2) is 0 Å². The van der Waals surface area contributed by atoms with E-state index in [4.69, 9.17) is 5.14 Å². The van der Waals surface area contributed by atoms with E-state index in [1.807, 2.05) is 6.92 Å². The zero-order valence-corrected chi connectivity index (χ0v) is 6.40. The molecule has 0 saturated heterocycles. The quantitative estimate of drug-likeness (QED) is 0.573. The molecular formula is C5H11NO2S. The molecule has 54 valence electrons. The molecule has 0 aromatic carbocycles. The van der Waals surface area contributed by atoms with Crippen LogP contribution in [0.5, 0.6) is 0 Å². The van der Waals surface area contributed by atoms with Crippen LogP contribution in [0.2, 0.25) is 0 Å². The summed E-state index contributed by atoms with van der Waals surface area (Å²) >= 11 is 0. The van der Waals surface area contributed by atoms with Crippen molar-refractivity contribution in [2.75, 3.05) is 0 Å². The van der Waals surface area contributed by atoms with E-state index in [1.165, 1.54) is 0 Å². The fourth-order valence-electron chi connectivity index (χ4n) is 0.946. The van der Waals surface area contributed by atoms with Crippen molar-refractivity contribution in [2.45, 2.75) is 25.0 Å². The van der Waals surface area contributed by atoms with E-state index in [0.717, 1.165) is 0 Å². The van der Waals surface area contributed by atoms with Gasteiger partial charge in [0.25, 0.3) is 0 Å². The van der Waals surface area contributed by atoms with Crippen molar-refractivity contribution in [1.29, 1.82) is 0 Å². The predicted octanol–water partition coefficient (Wildman–Crippen LogP) is 0.0734. The van der Waals surface area contributed by atoms with E-state index in [-0.39, 0.29) is 5.92 Å². The Labute approximate surface area is 55.3 Å². The number of hydrogen-bond donors (Lipinski definition) is 1. The molecule has 1 aliphatic rings. The van der Waals surface area contributed by atoms with Gasteiger partial charge < -0.3 is 0 Å². The topological polar surface area (TPSA) is 60.2 Å². The average Bonchev–Trinajstić information content (AvgIpc) is 2.13. The van der Waals surface area contributed by atoms with E-state index in [1.54, 1.807) is 6.92 Å². The molecule has 0 aliphatic heterocycles. The lowest BCUT2D eigenvalue weighted by molar-refractivity contribution is 0.578. The van der Waals surface area contributed by atoms with E-state index in [9.17, 15) is 8.42 Å². The van der Waals surface area contributed by atoms with Gasteiger partial charge in [-0.2, -0.15) is 0 Å². The average molecular weight is 149 g/mol. The second-order valence-corrected chi connectivity index (χ2v) is 4.99. The van der Waals surface area contributed by atoms with Crippen LogP contribution in [0.25, 0.3) is 0 Å².